The van der Waals surface area contributed by atoms with E-state index < -0.39 is 5.67 Å². The van der Waals surface area contributed by atoms with Gasteiger partial charge in [-0.1, -0.05) is 30.3 Å². The fourth-order valence-corrected chi connectivity index (χ4v) is 3.05. The van der Waals surface area contributed by atoms with Crippen molar-refractivity contribution >= 4 is 30.5 Å². The van der Waals surface area contributed by atoms with Crippen molar-refractivity contribution in [2.75, 3.05) is 32.0 Å². The summed E-state index contributed by atoms with van der Waals surface area (Å²) in [5.74, 6) is 0.879. The van der Waals surface area contributed by atoms with Gasteiger partial charge in [0.05, 0.1) is 0 Å². The maximum atomic E-state index is 15.1. The van der Waals surface area contributed by atoms with Crippen LogP contribution in [0.25, 0.3) is 0 Å². The Balaban J connectivity index is 0.00000156. The number of ether oxygens (including phenoxy) is 1. The van der Waals surface area contributed by atoms with Crippen molar-refractivity contribution < 1.29 is 9.13 Å². The van der Waals surface area contributed by atoms with E-state index in [0.717, 1.165) is 25.4 Å². The van der Waals surface area contributed by atoms with E-state index in [9.17, 15) is 0 Å². The summed E-state index contributed by atoms with van der Waals surface area (Å²) >= 11 is 0. The summed E-state index contributed by atoms with van der Waals surface area (Å²) in [6.45, 7) is 2.93. The van der Waals surface area contributed by atoms with Crippen LogP contribution in [0, 0.1) is 0 Å². The highest BCUT2D eigenvalue weighted by Gasteiger charge is 2.36. The Kier molecular flexibility index (Phi) is 8.50. The molecule has 0 atom stereocenters. The molecule has 3 nitrogen and oxygen atoms in total. The Morgan fingerprint density at radius 1 is 1.00 bits per heavy atom. The summed E-state index contributed by atoms with van der Waals surface area (Å²) in [4.78, 5) is 2.26. The number of hydrogen-bond donors (Lipinski definition) is 1. The molecule has 0 aromatic heterocycles. The molecule has 2 aromatic carbocycles. The van der Waals surface area contributed by atoms with Gasteiger partial charge in [-0.15, -0.1) is 24.8 Å². The van der Waals surface area contributed by atoms with Crippen LogP contribution < -0.4 is 10.5 Å². The molecule has 0 aliphatic carbocycles. The smallest absolute Gasteiger partial charge is 0.138 e. The molecule has 1 aliphatic heterocycles. The minimum Gasteiger partial charge on any atom is -0.492 e. The number of para-hydroxylation sites is 1. The van der Waals surface area contributed by atoms with Crippen LogP contribution in [0.3, 0.4) is 0 Å². The van der Waals surface area contributed by atoms with E-state index in [1.54, 1.807) is 12.1 Å². The van der Waals surface area contributed by atoms with Crippen LogP contribution in [-0.4, -0.2) is 31.1 Å². The van der Waals surface area contributed by atoms with Gasteiger partial charge in [0.2, 0.25) is 0 Å². The average molecular weight is 387 g/mol. The fourth-order valence-electron chi connectivity index (χ4n) is 3.05. The number of hydrogen-bond acceptors (Lipinski definition) is 3. The maximum Gasteiger partial charge on any atom is 0.138 e. The lowest BCUT2D eigenvalue weighted by molar-refractivity contribution is 0.0501. The fraction of sp³-hybridized carbons (Fsp3) is 0.368. The Hall–Kier alpha value is -1.49. The second kappa shape index (κ2) is 9.85. The zero-order chi connectivity index (χ0) is 16.1. The third-order valence-corrected chi connectivity index (χ3v) is 4.47. The zero-order valence-electron chi connectivity index (χ0n) is 14.1. The van der Waals surface area contributed by atoms with Crippen LogP contribution in [-0.2, 0) is 5.67 Å². The van der Waals surface area contributed by atoms with Gasteiger partial charge in [-0.3, -0.25) is 4.90 Å². The average Bonchev–Trinajstić information content (AvgIpc) is 2.58. The number of rotatable bonds is 5. The highest BCUT2D eigenvalue weighted by molar-refractivity contribution is 5.85. The van der Waals surface area contributed by atoms with Crippen molar-refractivity contribution in [1.82, 2.24) is 4.90 Å². The molecular weight excluding hydrogens is 362 g/mol. The third kappa shape index (κ3) is 5.77. The number of halogens is 3. The monoisotopic (exact) mass is 386 g/mol. The first-order valence-electron chi connectivity index (χ1n) is 8.11. The van der Waals surface area contributed by atoms with Crippen LogP contribution in [0.2, 0.25) is 0 Å². The van der Waals surface area contributed by atoms with Gasteiger partial charge in [0.1, 0.15) is 18.0 Å². The standard InChI is InChI=1S/C19H23FN2O.2ClH/c20-19(16-5-4-6-17(21)15-16)9-11-22(12-10-19)13-14-23-18-7-2-1-3-8-18;;/h1-8,15H,9-14,21H2;2*1H. The topological polar surface area (TPSA) is 38.5 Å². The zero-order valence-corrected chi connectivity index (χ0v) is 15.7. The number of nitrogens with zero attached hydrogens (tertiary/aromatic N) is 1. The van der Waals surface area contributed by atoms with Gasteiger partial charge < -0.3 is 10.5 Å². The molecule has 1 fully saturated rings. The Morgan fingerprint density at radius 3 is 2.32 bits per heavy atom. The SMILES string of the molecule is Cl.Cl.Nc1cccc(C2(F)CCN(CCOc3ccccc3)CC2)c1. The number of nitrogen functional groups attached to an aromatic ring is 1. The highest BCUT2D eigenvalue weighted by atomic mass is 35.5. The molecule has 1 heterocycles. The van der Waals surface area contributed by atoms with Gasteiger partial charge in [-0.25, -0.2) is 4.39 Å². The highest BCUT2D eigenvalue weighted by Crippen LogP contribution is 2.37. The van der Waals surface area contributed by atoms with E-state index >= 15 is 4.39 Å². The van der Waals surface area contributed by atoms with E-state index in [1.165, 1.54) is 0 Å². The summed E-state index contributed by atoms with van der Waals surface area (Å²) in [5, 5.41) is 0. The van der Waals surface area contributed by atoms with E-state index in [-0.39, 0.29) is 24.8 Å². The van der Waals surface area contributed by atoms with Crippen molar-refractivity contribution in [1.29, 1.82) is 0 Å². The first kappa shape index (κ1) is 21.6. The Bertz CT molecular complexity index is 634. The summed E-state index contributed by atoms with van der Waals surface area (Å²) in [5.41, 5.74) is 5.85. The second-order valence-electron chi connectivity index (χ2n) is 6.09. The number of alkyl halides is 1. The third-order valence-electron chi connectivity index (χ3n) is 4.47. The lowest BCUT2D eigenvalue weighted by Crippen LogP contribution is -2.41. The minimum absolute atomic E-state index is 0. The first-order chi connectivity index (χ1) is 11.2. The molecule has 1 aliphatic rings. The lowest BCUT2D eigenvalue weighted by Gasteiger charge is -2.36. The van der Waals surface area contributed by atoms with Gasteiger partial charge in [0.25, 0.3) is 0 Å². The molecule has 25 heavy (non-hydrogen) atoms. The molecule has 0 spiro atoms. The van der Waals surface area contributed by atoms with Crippen molar-refractivity contribution in [2.45, 2.75) is 18.5 Å². The molecule has 0 saturated carbocycles. The predicted molar refractivity (Wildman–Crippen MR) is 106 cm³/mol. The molecule has 1 saturated heterocycles. The van der Waals surface area contributed by atoms with E-state index in [0.29, 0.717) is 30.7 Å². The van der Waals surface area contributed by atoms with Crippen LogP contribution in [0.1, 0.15) is 18.4 Å². The quantitative estimate of drug-likeness (QED) is 0.771. The molecule has 0 unspecified atom stereocenters. The van der Waals surface area contributed by atoms with Crippen LogP contribution in [0.4, 0.5) is 10.1 Å². The van der Waals surface area contributed by atoms with Crippen molar-refractivity contribution in [3.63, 3.8) is 0 Å². The van der Waals surface area contributed by atoms with Crippen LogP contribution in [0.15, 0.2) is 54.6 Å². The molecule has 138 valence electrons. The molecule has 2 aromatic rings. The van der Waals surface area contributed by atoms with Crippen molar-refractivity contribution in [3.05, 3.63) is 60.2 Å². The van der Waals surface area contributed by atoms with Gasteiger partial charge in [-0.2, -0.15) is 0 Å². The summed E-state index contributed by atoms with van der Waals surface area (Å²) < 4.78 is 20.8. The molecule has 0 bridgehead atoms. The van der Waals surface area contributed by atoms with E-state index in [2.05, 4.69) is 4.90 Å². The van der Waals surface area contributed by atoms with Gasteiger partial charge >= 0.3 is 0 Å². The van der Waals surface area contributed by atoms with E-state index in [4.69, 9.17) is 10.5 Å². The van der Waals surface area contributed by atoms with Crippen molar-refractivity contribution in [2.24, 2.45) is 0 Å². The Labute approximate surface area is 161 Å². The molecular formula is C19H25Cl2FN2O. The number of piperidine rings is 1. The first-order valence-corrected chi connectivity index (χ1v) is 8.11. The summed E-state index contributed by atoms with van der Waals surface area (Å²) in [6, 6.07) is 17.0. The predicted octanol–water partition coefficient (Wildman–Crippen LogP) is 4.45. The largest absolute Gasteiger partial charge is 0.492 e. The van der Waals surface area contributed by atoms with E-state index in [1.807, 2.05) is 42.5 Å². The molecule has 3 rings (SSSR count). The number of likely N-dealkylation sites (tertiary alicyclic amines) is 1. The number of nitrogens with two attached hydrogens (primary N) is 1. The normalized spacial score (nSPS) is 16.4. The molecule has 2 N–H and O–H groups in total. The van der Waals surface area contributed by atoms with Gasteiger partial charge in [0.15, 0.2) is 0 Å². The van der Waals surface area contributed by atoms with Crippen LogP contribution in [0.5, 0.6) is 5.75 Å². The second-order valence-corrected chi connectivity index (χ2v) is 6.09. The maximum absolute atomic E-state index is 15.1. The summed E-state index contributed by atoms with van der Waals surface area (Å²) in [6.07, 6.45) is 1.00. The van der Waals surface area contributed by atoms with Gasteiger partial charge in [0, 0.05) is 25.3 Å². The van der Waals surface area contributed by atoms with Crippen LogP contribution >= 0.6 is 24.8 Å². The van der Waals surface area contributed by atoms with Gasteiger partial charge in [-0.05, 0) is 42.7 Å². The number of benzene rings is 2. The summed E-state index contributed by atoms with van der Waals surface area (Å²) in [7, 11) is 0. The number of anilines is 1. The lowest BCUT2D eigenvalue weighted by atomic mass is 9.86. The van der Waals surface area contributed by atoms with Crippen molar-refractivity contribution in [3.8, 4) is 5.75 Å². The molecule has 6 heteroatoms. The molecule has 0 amide bonds. The minimum atomic E-state index is -1.26. The Morgan fingerprint density at radius 2 is 1.68 bits per heavy atom. The molecule has 0 radical (unpaired) electrons.